The second-order valence-electron chi connectivity index (χ2n) is 13.0. The van der Waals surface area contributed by atoms with E-state index in [9.17, 15) is 18.0 Å². The lowest BCUT2D eigenvalue weighted by Crippen LogP contribution is -2.44. The normalized spacial score (nSPS) is 16.8. The van der Waals surface area contributed by atoms with E-state index < -0.39 is 17.8 Å². The highest BCUT2D eigenvalue weighted by molar-refractivity contribution is 5.91. The van der Waals surface area contributed by atoms with Crippen LogP contribution < -0.4 is 14.4 Å². The van der Waals surface area contributed by atoms with Crippen LogP contribution in [0.3, 0.4) is 0 Å². The highest BCUT2D eigenvalue weighted by Crippen LogP contribution is 2.43. The van der Waals surface area contributed by atoms with Crippen molar-refractivity contribution in [2.24, 2.45) is 5.41 Å². The summed E-state index contributed by atoms with van der Waals surface area (Å²) in [6.45, 7) is 4.50. The zero-order valence-electron chi connectivity index (χ0n) is 27.8. The van der Waals surface area contributed by atoms with E-state index in [1.807, 2.05) is 36.2 Å². The predicted molar refractivity (Wildman–Crippen MR) is 178 cm³/mol. The first-order valence-corrected chi connectivity index (χ1v) is 16.5. The number of hydrogen-bond donors (Lipinski definition) is 2. The lowest BCUT2D eigenvalue weighted by Gasteiger charge is -2.44. The van der Waals surface area contributed by atoms with Crippen molar-refractivity contribution in [3.63, 3.8) is 0 Å². The number of imidazole rings is 1. The number of piperidine rings is 1. The van der Waals surface area contributed by atoms with E-state index in [2.05, 4.69) is 14.9 Å². The smallest absolute Gasteiger partial charge is 0.433 e. The number of carboxylic acids is 1. The van der Waals surface area contributed by atoms with E-state index >= 15 is 0 Å². The minimum absolute atomic E-state index is 0.00540. The van der Waals surface area contributed by atoms with Gasteiger partial charge in [0, 0.05) is 56.4 Å². The first kappa shape index (κ1) is 34.4. The summed E-state index contributed by atoms with van der Waals surface area (Å²) in [5.74, 6) is 0.291. The second kappa shape index (κ2) is 14.2. The van der Waals surface area contributed by atoms with Gasteiger partial charge in [-0.1, -0.05) is 6.42 Å². The number of benzene rings is 1. The Kier molecular flexibility index (Phi) is 9.98. The molecule has 2 aliphatic rings. The quantitative estimate of drug-likeness (QED) is 0.166. The summed E-state index contributed by atoms with van der Waals surface area (Å²) < 4.78 is 58.8. The molecular weight excluding hydrogens is 641 g/mol. The number of alkyl halides is 3. The number of rotatable bonds is 13. The van der Waals surface area contributed by atoms with Crippen molar-refractivity contribution in [3.05, 3.63) is 48.2 Å². The number of halogens is 3. The standard InChI is InChI=1S/C35H41F3N6O5/c1-4-48-29-17-23(16-28(40-29)35(36,37)38)26-18-27(43(2)20-34(21-47-3)12-5-13-34)31-33(39-26)42-32(41-31)22-6-8-24(9-7-22)49-25-10-14-44(15-11-25)19-30(45)46/h6-9,16-18,25H,4-5,10-15,19-21H2,1-3H3,(H,45,46)(H,39,41,42). The monoisotopic (exact) mass is 682 g/mol. The molecule has 1 saturated heterocycles. The van der Waals surface area contributed by atoms with Crippen LogP contribution in [0.2, 0.25) is 0 Å². The Labute approximate surface area is 282 Å². The number of fused-ring (bicyclic) bond motifs is 1. The number of likely N-dealkylation sites (tertiary alicyclic amines) is 1. The van der Waals surface area contributed by atoms with Gasteiger partial charge in [-0.25, -0.2) is 15.0 Å². The number of anilines is 1. The average molecular weight is 683 g/mol. The Balaban J connectivity index is 1.32. The first-order valence-electron chi connectivity index (χ1n) is 16.5. The van der Waals surface area contributed by atoms with Crippen molar-refractivity contribution in [1.82, 2.24) is 24.8 Å². The van der Waals surface area contributed by atoms with Crippen LogP contribution in [0.15, 0.2) is 42.5 Å². The number of pyridine rings is 2. The third-order valence-corrected chi connectivity index (χ3v) is 9.29. The van der Waals surface area contributed by atoms with E-state index in [1.54, 1.807) is 20.1 Å². The largest absolute Gasteiger partial charge is 0.490 e. The van der Waals surface area contributed by atoms with Gasteiger partial charge in [0.15, 0.2) is 5.65 Å². The molecule has 1 aliphatic heterocycles. The molecule has 0 bridgehead atoms. The first-order chi connectivity index (χ1) is 23.4. The summed E-state index contributed by atoms with van der Waals surface area (Å²) in [6, 6.07) is 11.8. The fourth-order valence-electron chi connectivity index (χ4n) is 6.76. The topological polar surface area (TPSA) is 126 Å². The minimum atomic E-state index is -4.67. The van der Waals surface area contributed by atoms with Gasteiger partial charge in [0.05, 0.1) is 31.1 Å². The maximum Gasteiger partial charge on any atom is 0.433 e. The Morgan fingerprint density at radius 3 is 2.43 bits per heavy atom. The minimum Gasteiger partial charge on any atom is -0.490 e. The number of carboxylic acid groups (broad SMARTS) is 1. The zero-order valence-corrected chi connectivity index (χ0v) is 27.8. The summed E-state index contributed by atoms with van der Waals surface area (Å²) in [5.41, 5.74) is 2.01. The van der Waals surface area contributed by atoms with E-state index in [-0.39, 0.29) is 36.1 Å². The highest BCUT2D eigenvalue weighted by Gasteiger charge is 2.39. The van der Waals surface area contributed by atoms with Crippen molar-refractivity contribution in [1.29, 1.82) is 0 Å². The average Bonchev–Trinajstić information content (AvgIpc) is 3.48. The van der Waals surface area contributed by atoms with Gasteiger partial charge in [0.25, 0.3) is 0 Å². The van der Waals surface area contributed by atoms with E-state index in [4.69, 9.17) is 29.3 Å². The number of carbonyl (C=O) groups is 1. The summed E-state index contributed by atoms with van der Waals surface area (Å²) in [4.78, 5) is 31.7. The summed E-state index contributed by atoms with van der Waals surface area (Å²) in [7, 11) is 3.66. The molecule has 3 aromatic heterocycles. The summed E-state index contributed by atoms with van der Waals surface area (Å²) in [6.07, 6.45) is -0.0423. The number of aromatic amines is 1. The van der Waals surface area contributed by atoms with Crippen LogP contribution in [0.25, 0.3) is 33.8 Å². The predicted octanol–water partition coefficient (Wildman–Crippen LogP) is 6.29. The van der Waals surface area contributed by atoms with E-state index in [1.165, 1.54) is 6.07 Å². The molecule has 0 amide bonds. The summed E-state index contributed by atoms with van der Waals surface area (Å²) >= 11 is 0. The third kappa shape index (κ3) is 7.91. The molecule has 1 aromatic carbocycles. The van der Waals surface area contributed by atoms with E-state index in [0.717, 1.165) is 49.4 Å². The molecule has 2 N–H and O–H groups in total. The molecule has 1 aliphatic carbocycles. The van der Waals surface area contributed by atoms with Gasteiger partial charge in [-0.3, -0.25) is 9.69 Å². The van der Waals surface area contributed by atoms with Crippen molar-refractivity contribution < 1.29 is 37.3 Å². The molecule has 0 spiro atoms. The Hall–Kier alpha value is -4.43. The fourth-order valence-corrected chi connectivity index (χ4v) is 6.76. The van der Waals surface area contributed by atoms with Crippen LogP contribution in [0.1, 0.15) is 44.7 Å². The molecule has 11 nitrogen and oxygen atoms in total. The molecule has 49 heavy (non-hydrogen) atoms. The van der Waals surface area contributed by atoms with Crippen molar-refractivity contribution in [2.45, 2.75) is 51.3 Å². The number of ether oxygens (including phenoxy) is 3. The van der Waals surface area contributed by atoms with Crippen LogP contribution in [0, 0.1) is 5.41 Å². The SMILES string of the molecule is CCOc1cc(-c2cc(N(C)CC3(COC)CCC3)c3[nH]c(-c4ccc(OC5CCN(CC(=O)O)CC5)cc4)nc3n2)cc(C(F)(F)F)n1. The molecule has 1 saturated carbocycles. The molecule has 262 valence electrons. The molecule has 4 heterocycles. The Bertz CT molecular complexity index is 1770. The van der Waals surface area contributed by atoms with Gasteiger partial charge < -0.3 is 29.2 Å². The van der Waals surface area contributed by atoms with Gasteiger partial charge >= 0.3 is 12.1 Å². The highest BCUT2D eigenvalue weighted by atomic mass is 19.4. The van der Waals surface area contributed by atoms with Crippen LogP contribution >= 0.6 is 0 Å². The Morgan fingerprint density at radius 1 is 1.08 bits per heavy atom. The lowest BCUT2D eigenvalue weighted by atomic mass is 9.69. The van der Waals surface area contributed by atoms with Gasteiger partial charge in [-0.2, -0.15) is 13.2 Å². The number of hydrogen-bond acceptors (Lipinski definition) is 9. The molecule has 6 rings (SSSR count). The molecule has 0 atom stereocenters. The number of aromatic nitrogens is 4. The number of nitrogens with one attached hydrogen (secondary N) is 1. The number of aliphatic carboxylic acids is 1. The number of H-pyrrole nitrogens is 1. The van der Waals surface area contributed by atoms with E-state index in [0.29, 0.717) is 54.7 Å². The van der Waals surface area contributed by atoms with Gasteiger partial charge in [0.2, 0.25) is 5.88 Å². The maximum atomic E-state index is 13.9. The van der Waals surface area contributed by atoms with Crippen molar-refractivity contribution in [3.8, 4) is 34.3 Å². The van der Waals surface area contributed by atoms with Crippen LogP contribution in [0.5, 0.6) is 11.6 Å². The molecular formula is C35H41F3N6O5. The Morgan fingerprint density at radius 2 is 1.82 bits per heavy atom. The van der Waals surface area contributed by atoms with Crippen LogP contribution in [-0.4, -0.2) is 95.6 Å². The van der Waals surface area contributed by atoms with Gasteiger partial charge in [-0.05, 0) is 69.0 Å². The fraction of sp³-hybridized carbons (Fsp3) is 0.486. The molecule has 0 unspecified atom stereocenters. The van der Waals surface area contributed by atoms with Crippen molar-refractivity contribution in [2.75, 3.05) is 58.5 Å². The number of methoxy groups -OCH3 is 1. The van der Waals surface area contributed by atoms with Crippen LogP contribution in [-0.2, 0) is 15.7 Å². The van der Waals surface area contributed by atoms with Gasteiger partial charge in [0.1, 0.15) is 28.9 Å². The molecule has 0 radical (unpaired) electrons. The molecule has 2 fully saturated rings. The second-order valence-corrected chi connectivity index (χ2v) is 13.0. The van der Waals surface area contributed by atoms with Gasteiger partial charge in [-0.15, -0.1) is 0 Å². The maximum absolute atomic E-state index is 13.9. The zero-order chi connectivity index (χ0) is 34.8. The number of nitrogens with zero attached hydrogens (tertiary/aromatic N) is 5. The van der Waals surface area contributed by atoms with Crippen LogP contribution in [0.4, 0.5) is 18.9 Å². The van der Waals surface area contributed by atoms with Crippen molar-refractivity contribution >= 4 is 22.8 Å². The lowest BCUT2D eigenvalue weighted by molar-refractivity contribution is -0.141. The third-order valence-electron chi connectivity index (χ3n) is 9.29. The summed E-state index contributed by atoms with van der Waals surface area (Å²) in [5, 5.41) is 9.05. The molecule has 14 heteroatoms. The molecule has 4 aromatic rings.